The Morgan fingerprint density at radius 1 is 1.09 bits per heavy atom. The minimum Gasteiger partial charge on any atom is -0.399 e. The molecule has 0 amide bonds. The minimum atomic E-state index is -4.80. The van der Waals surface area contributed by atoms with Crippen molar-refractivity contribution in [3.63, 3.8) is 0 Å². The molecule has 0 aliphatic carbocycles. The molecule has 8 heteroatoms. The van der Waals surface area contributed by atoms with Crippen molar-refractivity contribution in [2.75, 3.05) is 0 Å². The van der Waals surface area contributed by atoms with Crippen molar-refractivity contribution >= 4 is 24.2 Å². The van der Waals surface area contributed by atoms with E-state index >= 15 is 0 Å². The topological polar surface area (TPSA) is 38.7 Å². The van der Waals surface area contributed by atoms with Crippen LogP contribution < -0.4 is 5.46 Å². The fourth-order valence-corrected chi connectivity index (χ4v) is 2.42. The second-order valence-electron chi connectivity index (χ2n) is 6.89. The molecule has 23 heavy (non-hydrogen) atoms. The van der Waals surface area contributed by atoms with E-state index in [1.165, 1.54) is 12.1 Å². The fourth-order valence-electron chi connectivity index (χ4n) is 2.15. The second-order valence-corrected chi connectivity index (χ2v) is 7.30. The third-order valence-corrected chi connectivity index (χ3v) is 4.95. The van der Waals surface area contributed by atoms with Gasteiger partial charge >= 0.3 is 13.3 Å². The van der Waals surface area contributed by atoms with Crippen molar-refractivity contribution in [2.45, 2.75) is 57.6 Å². The minimum absolute atomic E-state index is 0.0468. The highest BCUT2D eigenvalue weighted by atomic mass is 35.5. The van der Waals surface area contributed by atoms with Crippen LogP contribution in [0.5, 0.6) is 0 Å². The van der Waals surface area contributed by atoms with Crippen LogP contribution in [0.2, 0.25) is 5.02 Å². The van der Waals surface area contributed by atoms with Gasteiger partial charge in [-0.2, -0.15) is 13.2 Å². The third-order valence-electron chi connectivity index (χ3n) is 4.62. The average Bonchev–Trinajstić information content (AvgIpc) is 2.56. The standard InChI is InChI=1S/C15H19BClF3O3/c1-12(2)13(3,4)23-16(22-12)10-7-6-9(8-11(10)17)14(5,21)15(18,19)20/h6-8,21H,1-5H3. The summed E-state index contributed by atoms with van der Waals surface area (Å²) in [5.41, 5.74) is -4.07. The van der Waals surface area contributed by atoms with Crippen LogP contribution in [0.15, 0.2) is 18.2 Å². The zero-order chi connectivity index (χ0) is 17.8. The Morgan fingerprint density at radius 2 is 1.57 bits per heavy atom. The number of hydrogen-bond acceptors (Lipinski definition) is 3. The van der Waals surface area contributed by atoms with Gasteiger partial charge in [0, 0.05) is 10.5 Å². The van der Waals surface area contributed by atoms with E-state index < -0.39 is 30.1 Å². The number of aliphatic hydroxyl groups is 1. The van der Waals surface area contributed by atoms with Gasteiger partial charge in [-0.05, 0) is 46.2 Å². The quantitative estimate of drug-likeness (QED) is 0.831. The Kier molecular flexibility index (Phi) is 4.34. The first-order chi connectivity index (χ1) is 10.2. The highest BCUT2D eigenvalue weighted by Crippen LogP contribution is 2.40. The zero-order valence-corrected chi connectivity index (χ0v) is 14.3. The summed E-state index contributed by atoms with van der Waals surface area (Å²) in [7, 11) is -0.780. The summed E-state index contributed by atoms with van der Waals surface area (Å²) in [6.07, 6.45) is -4.80. The van der Waals surface area contributed by atoms with E-state index in [1.807, 2.05) is 27.7 Å². The lowest BCUT2D eigenvalue weighted by molar-refractivity contribution is -0.258. The molecule has 1 N–H and O–H groups in total. The Hall–Kier alpha value is -0.755. The van der Waals surface area contributed by atoms with E-state index in [4.69, 9.17) is 20.9 Å². The maximum absolute atomic E-state index is 12.9. The van der Waals surface area contributed by atoms with Crippen LogP contribution in [0, 0.1) is 0 Å². The summed E-state index contributed by atoms with van der Waals surface area (Å²) in [5.74, 6) is 0. The third kappa shape index (κ3) is 3.12. The number of alkyl halides is 3. The van der Waals surface area contributed by atoms with Crippen LogP contribution in [-0.4, -0.2) is 29.6 Å². The Labute approximate surface area is 138 Å². The van der Waals surface area contributed by atoms with Gasteiger partial charge in [0.2, 0.25) is 0 Å². The lowest BCUT2D eigenvalue weighted by Gasteiger charge is -2.32. The largest absolute Gasteiger partial charge is 0.496 e. The van der Waals surface area contributed by atoms with Crippen LogP contribution in [0.25, 0.3) is 0 Å². The smallest absolute Gasteiger partial charge is 0.399 e. The second kappa shape index (κ2) is 5.38. The normalized spacial score (nSPS) is 23.0. The molecule has 1 atom stereocenters. The predicted octanol–water partition coefficient (Wildman–Crippen LogP) is 3.41. The van der Waals surface area contributed by atoms with Gasteiger partial charge in [0.15, 0.2) is 5.60 Å². The summed E-state index contributed by atoms with van der Waals surface area (Å²) in [5, 5.41) is 9.77. The Bertz CT molecular complexity index is 598. The lowest BCUT2D eigenvalue weighted by Crippen LogP contribution is -2.41. The van der Waals surface area contributed by atoms with Gasteiger partial charge in [-0.15, -0.1) is 0 Å². The maximum atomic E-state index is 12.9. The van der Waals surface area contributed by atoms with E-state index in [0.29, 0.717) is 12.4 Å². The summed E-state index contributed by atoms with van der Waals surface area (Å²) in [6, 6.07) is 3.66. The molecule has 128 valence electrons. The van der Waals surface area contributed by atoms with Crippen LogP contribution in [0.3, 0.4) is 0 Å². The van der Waals surface area contributed by atoms with Crippen LogP contribution in [0.4, 0.5) is 13.2 Å². The molecule has 0 spiro atoms. The number of benzene rings is 1. The van der Waals surface area contributed by atoms with Gasteiger partial charge in [-0.25, -0.2) is 0 Å². The van der Waals surface area contributed by atoms with E-state index in [1.54, 1.807) is 0 Å². The monoisotopic (exact) mass is 350 g/mol. The lowest BCUT2D eigenvalue weighted by atomic mass is 9.77. The molecule has 1 unspecified atom stereocenters. The molecule has 2 rings (SSSR count). The average molecular weight is 351 g/mol. The Balaban J connectivity index is 2.36. The van der Waals surface area contributed by atoms with Gasteiger partial charge in [0.1, 0.15) is 0 Å². The molecule has 1 aromatic rings. The highest BCUT2D eigenvalue weighted by Gasteiger charge is 2.53. The van der Waals surface area contributed by atoms with Crippen molar-refractivity contribution in [1.29, 1.82) is 0 Å². The van der Waals surface area contributed by atoms with Crippen LogP contribution in [-0.2, 0) is 14.9 Å². The van der Waals surface area contributed by atoms with Crippen molar-refractivity contribution in [3.8, 4) is 0 Å². The first-order valence-electron chi connectivity index (χ1n) is 7.14. The zero-order valence-electron chi connectivity index (χ0n) is 13.6. The molecule has 0 radical (unpaired) electrons. The first kappa shape index (κ1) is 18.6. The van der Waals surface area contributed by atoms with E-state index in [9.17, 15) is 18.3 Å². The van der Waals surface area contributed by atoms with E-state index in [-0.39, 0.29) is 10.6 Å². The summed E-state index contributed by atoms with van der Waals surface area (Å²) in [6.45, 7) is 8.15. The maximum Gasteiger partial charge on any atom is 0.496 e. The molecule has 0 aromatic heterocycles. The molecule has 1 fully saturated rings. The van der Waals surface area contributed by atoms with Gasteiger partial charge in [-0.1, -0.05) is 23.7 Å². The van der Waals surface area contributed by atoms with E-state index in [2.05, 4.69) is 0 Å². The molecule has 1 saturated heterocycles. The molecule has 1 aliphatic heterocycles. The van der Waals surface area contributed by atoms with Gasteiger partial charge in [0.05, 0.1) is 11.2 Å². The van der Waals surface area contributed by atoms with Crippen molar-refractivity contribution in [1.82, 2.24) is 0 Å². The predicted molar refractivity (Wildman–Crippen MR) is 82.8 cm³/mol. The van der Waals surface area contributed by atoms with Gasteiger partial charge in [0.25, 0.3) is 0 Å². The molecule has 1 aliphatic rings. The van der Waals surface area contributed by atoms with Gasteiger partial charge < -0.3 is 14.4 Å². The van der Waals surface area contributed by atoms with Crippen molar-refractivity contribution < 1.29 is 27.6 Å². The van der Waals surface area contributed by atoms with Gasteiger partial charge in [-0.3, -0.25) is 0 Å². The van der Waals surface area contributed by atoms with Crippen LogP contribution in [0.1, 0.15) is 40.2 Å². The summed E-state index contributed by atoms with van der Waals surface area (Å²) >= 11 is 6.11. The molecule has 0 bridgehead atoms. The molecule has 1 heterocycles. The van der Waals surface area contributed by atoms with Crippen molar-refractivity contribution in [2.24, 2.45) is 0 Å². The number of rotatable bonds is 2. The molecular formula is C15H19BClF3O3. The first-order valence-corrected chi connectivity index (χ1v) is 7.51. The highest BCUT2D eigenvalue weighted by molar-refractivity contribution is 6.65. The Morgan fingerprint density at radius 3 is 1.96 bits per heavy atom. The van der Waals surface area contributed by atoms with E-state index in [0.717, 1.165) is 6.07 Å². The molecule has 3 nitrogen and oxygen atoms in total. The summed E-state index contributed by atoms with van der Waals surface area (Å²) in [4.78, 5) is 0. The molecule has 1 aromatic carbocycles. The van der Waals surface area contributed by atoms with Crippen LogP contribution >= 0.6 is 11.6 Å². The fraction of sp³-hybridized carbons (Fsp3) is 0.600. The summed E-state index contributed by atoms with van der Waals surface area (Å²) < 4.78 is 50.4. The molecule has 0 saturated carbocycles. The SMILES string of the molecule is CC1(C)OB(c2ccc(C(C)(O)C(F)(F)F)cc2Cl)OC1(C)C. The van der Waals surface area contributed by atoms with Crippen molar-refractivity contribution in [3.05, 3.63) is 28.8 Å². The number of halogens is 4. The number of hydrogen-bond donors (Lipinski definition) is 1. The molecular weight excluding hydrogens is 331 g/mol.